The number of nitrogens with two attached hydrogens (primary N) is 1. The van der Waals surface area contributed by atoms with E-state index in [-0.39, 0.29) is 29.5 Å². The van der Waals surface area contributed by atoms with Gasteiger partial charge in [0.15, 0.2) is 0 Å². The number of rotatable bonds is 2. The predicted octanol–water partition coefficient (Wildman–Crippen LogP) is 2.92. The summed E-state index contributed by atoms with van der Waals surface area (Å²) in [4.78, 5) is 14.3. The molecule has 3 nitrogen and oxygen atoms in total. The Bertz CT molecular complexity index is 685. The standard InChI is InChI=1S/C18H18F2N2O/c19-15-5-1-12(2-6-15)14-9-17(21)11-22(10-14)18(23)13-3-7-16(20)8-4-13/h1-8,14,17H,9-11,21H2. The number of hydrogen-bond donors (Lipinski definition) is 1. The number of likely N-dealkylation sites (tertiary alicyclic amines) is 1. The highest BCUT2D eigenvalue weighted by Crippen LogP contribution is 2.27. The van der Waals surface area contributed by atoms with Gasteiger partial charge in [0.25, 0.3) is 5.91 Å². The maximum atomic E-state index is 13.1. The van der Waals surface area contributed by atoms with Crippen LogP contribution in [0.5, 0.6) is 0 Å². The summed E-state index contributed by atoms with van der Waals surface area (Å²) in [5.41, 5.74) is 7.51. The van der Waals surface area contributed by atoms with E-state index in [1.54, 1.807) is 17.0 Å². The van der Waals surface area contributed by atoms with Crippen molar-refractivity contribution in [1.29, 1.82) is 0 Å². The van der Waals surface area contributed by atoms with Gasteiger partial charge in [0.1, 0.15) is 11.6 Å². The van der Waals surface area contributed by atoms with Gasteiger partial charge in [-0.3, -0.25) is 4.79 Å². The average molecular weight is 316 g/mol. The first kappa shape index (κ1) is 15.6. The van der Waals surface area contributed by atoms with Gasteiger partial charge in [-0.25, -0.2) is 8.78 Å². The van der Waals surface area contributed by atoms with Crippen molar-refractivity contribution in [3.8, 4) is 0 Å². The molecule has 1 heterocycles. The van der Waals surface area contributed by atoms with Gasteiger partial charge in [0.2, 0.25) is 0 Å². The zero-order valence-electron chi connectivity index (χ0n) is 12.6. The van der Waals surface area contributed by atoms with Crippen LogP contribution in [0.1, 0.15) is 28.3 Å². The van der Waals surface area contributed by atoms with E-state index < -0.39 is 0 Å². The molecule has 0 spiro atoms. The quantitative estimate of drug-likeness (QED) is 0.926. The number of benzene rings is 2. The summed E-state index contributed by atoms with van der Waals surface area (Å²) in [7, 11) is 0. The van der Waals surface area contributed by atoms with Gasteiger partial charge in [-0.05, 0) is 48.4 Å². The summed E-state index contributed by atoms with van der Waals surface area (Å²) in [5, 5.41) is 0. The fourth-order valence-electron chi connectivity index (χ4n) is 3.06. The molecular weight excluding hydrogens is 298 g/mol. The largest absolute Gasteiger partial charge is 0.336 e. The minimum atomic E-state index is -0.374. The number of carbonyl (C=O) groups is 1. The van der Waals surface area contributed by atoms with E-state index in [4.69, 9.17) is 5.73 Å². The van der Waals surface area contributed by atoms with Gasteiger partial charge < -0.3 is 10.6 Å². The van der Waals surface area contributed by atoms with E-state index in [2.05, 4.69) is 0 Å². The lowest BCUT2D eigenvalue weighted by atomic mass is 9.88. The zero-order valence-corrected chi connectivity index (χ0v) is 12.6. The summed E-state index contributed by atoms with van der Waals surface area (Å²) < 4.78 is 26.1. The Balaban J connectivity index is 1.78. The normalized spacial score (nSPS) is 21.3. The molecule has 3 rings (SSSR count). The van der Waals surface area contributed by atoms with Crippen molar-refractivity contribution < 1.29 is 13.6 Å². The van der Waals surface area contributed by atoms with Gasteiger partial charge in [-0.15, -0.1) is 0 Å². The van der Waals surface area contributed by atoms with E-state index in [1.807, 2.05) is 0 Å². The summed E-state index contributed by atoms with van der Waals surface area (Å²) >= 11 is 0. The van der Waals surface area contributed by atoms with Crippen molar-refractivity contribution in [2.75, 3.05) is 13.1 Å². The van der Waals surface area contributed by atoms with Crippen LogP contribution in [0.4, 0.5) is 8.78 Å². The van der Waals surface area contributed by atoms with E-state index in [0.29, 0.717) is 18.7 Å². The number of amides is 1. The molecule has 2 N–H and O–H groups in total. The Morgan fingerprint density at radius 1 is 0.957 bits per heavy atom. The van der Waals surface area contributed by atoms with E-state index >= 15 is 0 Å². The van der Waals surface area contributed by atoms with Crippen LogP contribution in [0, 0.1) is 11.6 Å². The van der Waals surface area contributed by atoms with Gasteiger partial charge >= 0.3 is 0 Å². The minimum Gasteiger partial charge on any atom is -0.336 e. The lowest BCUT2D eigenvalue weighted by Crippen LogP contribution is -2.48. The third-order valence-electron chi connectivity index (χ3n) is 4.20. The number of halogens is 2. The first-order chi connectivity index (χ1) is 11.0. The maximum absolute atomic E-state index is 13.1. The van der Waals surface area contributed by atoms with Crippen molar-refractivity contribution >= 4 is 5.91 Å². The second kappa shape index (κ2) is 6.46. The fourth-order valence-corrected chi connectivity index (χ4v) is 3.06. The molecule has 5 heteroatoms. The fraction of sp³-hybridized carbons (Fsp3) is 0.278. The summed E-state index contributed by atoms with van der Waals surface area (Å²) in [6.45, 7) is 0.990. The van der Waals surface area contributed by atoms with Crippen LogP contribution < -0.4 is 5.73 Å². The molecule has 2 aromatic carbocycles. The second-order valence-electron chi connectivity index (χ2n) is 5.96. The Hall–Kier alpha value is -2.27. The smallest absolute Gasteiger partial charge is 0.253 e. The molecule has 2 atom stereocenters. The van der Waals surface area contributed by atoms with Crippen LogP contribution in [-0.2, 0) is 0 Å². The van der Waals surface area contributed by atoms with Gasteiger partial charge in [-0.2, -0.15) is 0 Å². The maximum Gasteiger partial charge on any atom is 0.253 e. The summed E-state index contributed by atoms with van der Waals surface area (Å²) in [6.07, 6.45) is 0.749. The van der Waals surface area contributed by atoms with Crippen LogP contribution in [-0.4, -0.2) is 29.9 Å². The minimum absolute atomic E-state index is 0.0729. The number of nitrogens with zero attached hydrogens (tertiary/aromatic N) is 1. The monoisotopic (exact) mass is 316 g/mol. The molecular formula is C18H18F2N2O. The number of hydrogen-bond acceptors (Lipinski definition) is 2. The molecule has 1 aliphatic rings. The van der Waals surface area contributed by atoms with Crippen LogP contribution in [0.2, 0.25) is 0 Å². The number of carbonyl (C=O) groups excluding carboxylic acids is 1. The van der Waals surface area contributed by atoms with E-state index in [0.717, 1.165) is 12.0 Å². The van der Waals surface area contributed by atoms with Crippen molar-refractivity contribution in [3.05, 3.63) is 71.3 Å². The molecule has 1 amide bonds. The molecule has 1 saturated heterocycles. The van der Waals surface area contributed by atoms with Crippen LogP contribution in [0.3, 0.4) is 0 Å². The zero-order chi connectivity index (χ0) is 16.4. The van der Waals surface area contributed by atoms with E-state index in [9.17, 15) is 13.6 Å². The third kappa shape index (κ3) is 3.56. The highest BCUT2D eigenvalue weighted by molar-refractivity contribution is 5.94. The summed E-state index contributed by atoms with van der Waals surface area (Å²) in [6, 6.07) is 11.7. The van der Waals surface area contributed by atoms with Crippen molar-refractivity contribution in [3.63, 3.8) is 0 Å². The second-order valence-corrected chi connectivity index (χ2v) is 5.96. The third-order valence-corrected chi connectivity index (χ3v) is 4.20. The molecule has 1 fully saturated rings. The summed E-state index contributed by atoms with van der Waals surface area (Å²) in [5.74, 6) is -0.745. The molecule has 120 valence electrons. The average Bonchev–Trinajstić information content (AvgIpc) is 2.55. The Kier molecular flexibility index (Phi) is 4.39. The van der Waals surface area contributed by atoms with Crippen LogP contribution in [0.25, 0.3) is 0 Å². The number of piperidine rings is 1. The molecule has 23 heavy (non-hydrogen) atoms. The lowest BCUT2D eigenvalue weighted by Gasteiger charge is -2.36. The van der Waals surface area contributed by atoms with Crippen LogP contribution >= 0.6 is 0 Å². The molecule has 0 radical (unpaired) electrons. The van der Waals surface area contributed by atoms with Gasteiger partial charge in [-0.1, -0.05) is 12.1 Å². The first-order valence-electron chi connectivity index (χ1n) is 7.59. The van der Waals surface area contributed by atoms with Crippen molar-refractivity contribution in [2.45, 2.75) is 18.4 Å². The van der Waals surface area contributed by atoms with Crippen molar-refractivity contribution in [1.82, 2.24) is 4.90 Å². The first-order valence-corrected chi connectivity index (χ1v) is 7.59. The highest BCUT2D eigenvalue weighted by atomic mass is 19.1. The van der Waals surface area contributed by atoms with Gasteiger partial charge in [0, 0.05) is 30.6 Å². The van der Waals surface area contributed by atoms with Crippen molar-refractivity contribution in [2.24, 2.45) is 5.73 Å². The van der Waals surface area contributed by atoms with E-state index in [1.165, 1.54) is 36.4 Å². The van der Waals surface area contributed by atoms with Crippen LogP contribution in [0.15, 0.2) is 48.5 Å². The molecule has 0 aliphatic carbocycles. The molecule has 0 saturated carbocycles. The Morgan fingerprint density at radius 2 is 1.52 bits per heavy atom. The molecule has 0 aromatic heterocycles. The molecule has 2 aromatic rings. The predicted molar refractivity (Wildman–Crippen MR) is 84.0 cm³/mol. The highest BCUT2D eigenvalue weighted by Gasteiger charge is 2.29. The topological polar surface area (TPSA) is 46.3 Å². The van der Waals surface area contributed by atoms with Gasteiger partial charge in [0.05, 0.1) is 0 Å². The Morgan fingerprint density at radius 3 is 2.13 bits per heavy atom. The molecule has 2 unspecified atom stereocenters. The molecule has 1 aliphatic heterocycles. The molecule has 0 bridgehead atoms. The SMILES string of the molecule is NC1CC(c2ccc(F)cc2)CN(C(=O)c2ccc(F)cc2)C1. The Labute approximate surface area is 133 Å². The lowest BCUT2D eigenvalue weighted by molar-refractivity contribution is 0.0689.